The molecule has 0 saturated carbocycles. The van der Waals surface area contributed by atoms with Gasteiger partial charge >= 0.3 is 0 Å². The first-order valence-electron chi connectivity index (χ1n) is 6.28. The highest BCUT2D eigenvalue weighted by molar-refractivity contribution is 7.90. The van der Waals surface area contributed by atoms with Gasteiger partial charge in [-0.3, -0.25) is 0 Å². The van der Waals surface area contributed by atoms with Gasteiger partial charge in [0.05, 0.1) is 4.90 Å². The predicted octanol–water partition coefficient (Wildman–Crippen LogP) is 0.538. The number of nitrogens with zero attached hydrogens (tertiary/aromatic N) is 1. The third kappa shape index (κ3) is 3.54. The summed E-state index contributed by atoms with van der Waals surface area (Å²) in [6.45, 7) is 5.05. The maximum atomic E-state index is 11.7. The molecule has 0 atom stereocenters. The Morgan fingerprint density at radius 2 is 1.89 bits per heavy atom. The van der Waals surface area contributed by atoms with Gasteiger partial charge in [-0.05, 0) is 18.1 Å². The topological polar surface area (TPSA) is 49.4 Å². The molecule has 5 heteroatoms. The van der Waals surface area contributed by atoms with Gasteiger partial charge in [0, 0.05) is 39.0 Å². The van der Waals surface area contributed by atoms with Crippen LogP contribution in [0.3, 0.4) is 0 Å². The van der Waals surface area contributed by atoms with E-state index in [-0.39, 0.29) is 0 Å². The summed E-state index contributed by atoms with van der Waals surface area (Å²) >= 11 is 0. The Kier molecular flexibility index (Phi) is 4.37. The minimum absolute atomic E-state index is 0.472. The normalized spacial score (nSPS) is 17.8. The molecule has 4 nitrogen and oxygen atoms in total. The highest BCUT2D eigenvalue weighted by Gasteiger charge is 2.14. The number of benzene rings is 1. The van der Waals surface area contributed by atoms with Crippen LogP contribution in [0.25, 0.3) is 0 Å². The van der Waals surface area contributed by atoms with Crippen molar-refractivity contribution in [3.8, 4) is 0 Å². The van der Waals surface area contributed by atoms with Crippen molar-refractivity contribution < 1.29 is 8.42 Å². The molecule has 1 saturated heterocycles. The second-order valence-electron chi connectivity index (χ2n) is 4.72. The Morgan fingerprint density at radius 1 is 1.22 bits per heavy atom. The summed E-state index contributed by atoms with van der Waals surface area (Å²) in [6, 6.07) is 7.30. The molecule has 1 aliphatic rings. The van der Waals surface area contributed by atoms with Crippen molar-refractivity contribution in [2.45, 2.75) is 11.3 Å². The zero-order chi connectivity index (χ0) is 13.0. The van der Waals surface area contributed by atoms with E-state index in [1.165, 1.54) is 6.26 Å². The lowest BCUT2D eigenvalue weighted by Crippen LogP contribution is -2.44. The number of rotatable bonds is 4. The van der Waals surface area contributed by atoms with Crippen LogP contribution in [0.1, 0.15) is 5.56 Å². The van der Waals surface area contributed by atoms with E-state index >= 15 is 0 Å². The minimum atomic E-state index is -3.12. The Morgan fingerprint density at radius 3 is 2.56 bits per heavy atom. The van der Waals surface area contributed by atoms with Crippen LogP contribution in [0, 0.1) is 0 Å². The monoisotopic (exact) mass is 268 g/mol. The molecular weight excluding hydrogens is 248 g/mol. The molecule has 18 heavy (non-hydrogen) atoms. The van der Waals surface area contributed by atoms with Gasteiger partial charge in [-0.2, -0.15) is 0 Å². The van der Waals surface area contributed by atoms with Crippen LogP contribution in [0.2, 0.25) is 0 Å². The summed E-state index contributed by atoms with van der Waals surface area (Å²) < 4.78 is 23.4. The van der Waals surface area contributed by atoms with Crippen LogP contribution in [0.5, 0.6) is 0 Å². The standard InChI is InChI=1S/C13H20N2O2S/c1-18(16,17)13-5-3-2-4-12(13)6-9-15-10-7-14-8-11-15/h2-5,14H,6-11H2,1H3. The van der Waals surface area contributed by atoms with Crippen molar-refractivity contribution in [1.29, 1.82) is 0 Å². The smallest absolute Gasteiger partial charge is 0.175 e. The second kappa shape index (κ2) is 5.82. The van der Waals surface area contributed by atoms with Gasteiger partial charge in [0.15, 0.2) is 9.84 Å². The summed E-state index contributed by atoms with van der Waals surface area (Å²) in [7, 11) is -3.12. The molecule has 0 spiro atoms. The summed E-state index contributed by atoms with van der Waals surface area (Å²) in [5, 5.41) is 3.31. The van der Waals surface area contributed by atoms with E-state index < -0.39 is 9.84 Å². The highest BCUT2D eigenvalue weighted by Crippen LogP contribution is 2.16. The third-order valence-corrected chi connectivity index (χ3v) is 4.48. The van der Waals surface area contributed by atoms with E-state index in [1.807, 2.05) is 12.1 Å². The van der Waals surface area contributed by atoms with E-state index in [0.717, 1.165) is 44.7 Å². The van der Waals surface area contributed by atoms with E-state index in [4.69, 9.17) is 0 Å². The molecule has 1 aromatic rings. The van der Waals surface area contributed by atoms with Gasteiger partial charge in [-0.1, -0.05) is 18.2 Å². The maximum absolute atomic E-state index is 11.7. The number of piperazine rings is 1. The lowest BCUT2D eigenvalue weighted by molar-refractivity contribution is 0.243. The van der Waals surface area contributed by atoms with Crippen molar-refractivity contribution in [2.24, 2.45) is 0 Å². The van der Waals surface area contributed by atoms with Crippen molar-refractivity contribution in [1.82, 2.24) is 10.2 Å². The van der Waals surface area contributed by atoms with Gasteiger partial charge in [-0.25, -0.2) is 8.42 Å². The molecular formula is C13H20N2O2S. The fraction of sp³-hybridized carbons (Fsp3) is 0.538. The fourth-order valence-corrected chi connectivity index (χ4v) is 3.26. The highest BCUT2D eigenvalue weighted by atomic mass is 32.2. The third-order valence-electron chi connectivity index (χ3n) is 3.28. The van der Waals surface area contributed by atoms with Crippen molar-refractivity contribution in [3.05, 3.63) is 29.8 Å². The minimum Gasteiger partial charge on any atom is -0.314 e. The SMILES string of the molecule is CS(=O)(=O)c1ccccc1CCN1CCNCC1. The van der Waals surface area contributed by atoms with Crippen molar-refractivity contribution >= 4 is 9.84 Å². The molecule has 0 bridgehead atoms. The van der Waals surface area contributed by atoms with Crippen LogP contribution >= 0.6 is 0 Å². The molecule has 0 amide bonds. The Balaban J connectivity index is 2.05. The first kappa shape index (κ1) is 13.5. The van der Waals surface area contributed by atoms with Gasteiger partial charge in [-0.15, -0.1) is 0 Å². The lowest BCUT2D eigenvalue weighted by atomic mass is 10.1. The number of nitrogens with one attached hydrogen (secondary N) is 1. The van der Waals surface area contributed by atoms with Gasteiger partial charge in [0.25, 0.3) is 0 Å². The Hall–Kier alpha value is -0.910. The van der Waals surface area contributed by atoms with Gasteiger partial charge < -0.3 is 10.2 Å². The van der Waals surface area contributed by atoms with E-state index in [9.17, 15) is 8.42 Å². The Labute approximate surface area is 109 Å². The van der Waals surface area contributed by atoms with Gasteiger partial charge in [0.2, 0.25) is 0 Å². The molecule has 2 rings (SSSR count). The molecule has 1 aromatic carbocycles. The van der Waals surface area contributed by atoms with Crippen LogP contribution in [-0.4, -0.2) is 52.3 Å². The molecule has 0 aliphatic carbocycles. The lowest BCUT2D eigenvalue weighted by Gasteiger charge is -2.27. The quantitative estimate of drug-likeness (QED) is 0.866. The van der Waals surface area contributed by atoms with Crippen LogP contribution in [-0.2, 0) is 16.3 Å². The summed E-state index contributed by atoms with van der Waals surface area (Å²) in [4.78, 5) is 2.84. The average molecular weight is 268 g/mol. The Bertz CT molecular complexity index is 493. The molecule has 0 aromatic heterocycles. The van der Waals surface area contributed by atoms with E-state index in [2.05, 4.69) is 10.2 Å². The zero-order valence-corrected chi connectivity index (χ0v) is 11.5. The summed E-state index contributed by atoms with van der Waals surface area (Å²) in [5.74, 6) is 0. The van der Waals surface area contributed by atoms with Crippen molar-refractivity contribution in [2.75, 3.05) is 39.0 Å². The molecule has 1 N–H and O–H groups in total. The summed E-state index contributed by atoms with van der Waals surface area (Å²) in [5.41, 5.74) is 0.929. The van der Waals surface area contributed by atoms with Crippen LogP contribution in [0.4, 0.5) is 0 Å². The summed E-state index contributed by atoms with van der Waals surface area (Å²) in [6.07, 6.45) is 2.07. The average Bonchev–Trinajstić information content (AvgIpc) is 2.37. The predicted molar refractivity (Wildman–Crippen MR) is 72.6 cm³/mol. The molecule has 100 valence electrons. The maximum Gasteiger partial charge on any atom is 0.175 e. The van der Waals surface area contributed by atoms with E-state index in [1.54, 1.807) is 12.1 Å². The van der Waals surface area contributed by atoms with Gasteiger partial charge in [0.1, 0.15) is 0 Å². The first-order valence-corrected chi connectivity index (χ1v) is 8.17. The molecule has 1 fully saturated rings. The second-order valence-corrected chi connectivity index (χ2v) is 6.71. The van der Waals surface area contributed by atoms with Crippen LogP contribution < -0.4 is 5.32 Å². The van der Waals surface area contributed by atoms with E-state index in [0.29, 0.717) is 4.90 Å². The fourth-order valence-electron chi connectivity index (χ4n) is 2.29. The molecule has 1 aliphatic heterocycles. The van der Waals surface area contributed by atoms with Crippen LogP contribution in [0.15, 0.2) is 29.2 Å². The number of hydrogen-bond acceptors (Lipinski definition) is 4. The first-order chi connectivity index (χ1) is 8.57. The molecule has 1 heterocycles. The van der Waals surface area contributed by atoms with Crippen molar-refractivity contribution in [3.63, 3.8) is 0 Å². The number of hydrogen-bond donors (Lipinski definition) is 1. The molecule has 0 radical (unpaired) electrons. The largest absolute Gasteiger partial charge is 0.314 e. The number of sulfone groups is 1. The molecule has 0 unspecified atom stereocenters. The zero-order valence-electron chi connectivity index (χ0n) is 10.7.